The second-order valence-corrected chi connectivity index (χ2v) is 5.09. The quantitative estimate of drug-likeness (QED) is 0.897. The zero-order chi connectivity index (χ0) is 14.7. The Morgan fingerprint density at radius 1 is 1.10 bits per heavy atom. The van der Waals surface area contributed by atoms with Crippen molar-refractivity contribution < 1.29 is 4.79 Å². The molecule has 0 aliphatic heterocycles. The van der Waals surface area contributed by atoms with Crippen LogP contribution in [0.15, 0.2) is 36.4 Å². The lowest BCUT2D eigenvalue weighted by Gasteiger charge is -2.13. The van der Waals surface area contributed by atoms with Crippen LogP contribution in [0.5, 0.6) is 0 Å². The number of carbonyl (C=O) groups excluding carboxylic acids is 1. The third-order valence-corrected chi connectivity index (χ3v) is 3.39. The SMILES string of the molecule is Cc1cc(C)c(C(=O)Nc2ccccc2CN)c(C)c1. The van der Waals surface area contributed by atoms with E-state index in [2.05, 4.69) is 5.32 Å². The van der Waals surface area contributed by atoms with Crippen molar-refractivity contribution in [2.75, 3.05) is 5.32 Å². The van der Waals surface area contributed by atoms with Crippen LogP contribution in [0, 0.1) is 20.8 Å². The third kappa shape index (κ3) is 2.89. The molecule has 0 saturated heterocycles. The van der Waals surface area contributed by atoms with Gasteiger partial charge in [0.2, 0.25) is 0 Å². The molecule has 104 valence electrons. The topological polar surface area (TPSA) is 55.1 Å². The highest BCUT2D eigenvalue weighted by molar-refractivity contribution is 6.06. The van der Waals surface area contributed by atoms with E-state index in [4.69, 9.17) is 5.73 Å². The van der Waals surface area contributed by atoms with Crippen molar-refractivity contribution in [1.82, 2.24) is 0 Å². The Bertz CT molecular complexity index is 624. The minimum Gasteiger partial charge on any atom is -0.326 e. The van der Waals surface area contributed by atoms with Crippen LogP contribution in [0.2, 0.25) is 0 Å². The summed E-state index contributed by atoms with van der Waals surface area (Å²) >= 11 is 0. The van der Waals surface area contributed by atoms with Crippen molar-refractivity contribution in [2.45, 2.75) is 27.3 Å². The lowest BCUT2D eigenvalue weighted by molar-refractivity contribution is 0.102. The zero-order valence-corrected chi connectivity index (χ0v) is 12.2. The largest absolute Gasteiger partial charge is 0.326 e. The van der Waals surface area contributed by atoms with Crippen molar-refractivity contribution >= 4 is 11.6 Å². The van der Waals surface area contributed by atoms with Crippen LogP contribution >= 0.6 is 0 Å². The highest BCUT2D eigenvalue weighted by atomic mass is 16.1. The molecule has 0 aliphatic rings. The summed E-state index contributed by atoms with van der Waals surface area (Å²) in [5.74, 6) is -0.0825. The first-order chi connectivity index (χ1) is 9.52. The standard InChI is InChI=1S/C17H20N2O/c1-11-8-12(2)16(13(3)9-11)17(20)19-15-7-5-4-6-14(15)10-18/h4-9H,10,18H2,1-3H3,(H,19,20). The number of rotatable bonds is 3. The molecule has 0 heterocycles. The van der Waals surface area contributed by atoms with Crippen molar-refractivity contribution in [3.05, 3.63) is 64.2 Å². The molecule has 0 aliphatic carbocycles. The summed E-state index contributed by atoms with van der Waals surface area (Å²) < 4.78 is 0. The lowest BCUT2D eigenvalue weighted by Crippen LogP contribution is -2.17. The van der Waals surface area contributed by atoms with Gasteiger partial charge in [-0.1, -0.05) is 35.9 Å². The van der Waals surface area contributed by atoms with Gasteiger partial charge in [0.15, 0.2) is 0 Å². The first-order valence-electron chi connectivity index (χ1n) is 6.70. The van der Waals surface area contributed by atoms with E-state index in [9.17, 15) is 4.79 Å². The van der Waals surface area contributed by atoms with E-state index in [0.717, 1.165) is 27.9 Å². The molecule has 0 aromatic heterocycles. The summed E-state index contributed by atoms with van der Waals surface area (Å²) in [4.78, 5) is 12.5. The smallest absolute Gasteiger partial charge is 0.256 e. The van der Waals surface area contributed by atoms with Crippen LogP contribution in [0.4, 0.5) is 5.69 Å². The van der Waals surface area contributed by atoms with Gasteiger partial charge in [-0.15, -0.1) is 0 Å². The number of para-hydroxylation sites is 1. The maximum atomic E-state index is 12.5. The molecule has 1 amide bonds. The minimum atomic E-state index is -0.0825. The lowest BCUT2D eigenvalue weighted by atomic mass is 9.99. The molecule has 3 nitrogen and oxygen atoms in total. The Balaban J connectivity index is 2.34. The Morgan fingerprint density at radius 3 is 2.30 bits per heavy atom. The number of aryl methyl sites for hydroxylation is 3. The predicted molar refractivity (Wildman–Crippen MR) is 82.9 cm³/mol. The Morgan fingerprint density at radius 2 is 1.70 bits per heavy atom. The molecule has 0 spiro atoms. The predicted octanol–water partition coefficient (Wildman–Crippen LogP) is 3.32. The van der Waals surface area contributed by atoms with Crippen LogP contribution < -0.4 is 11.1 Å². The number of amides is 1. The fraction of sp³-hybridized carbons (Fsp3) is 0.235. The molecule has 3 N–H and O–H groups in total. The van der Waals surface area contributed by atoms with Gasteiger partial charge in [0.25, 0.3) is 5.91 Å². The van der Waals surface area contributed by atoms with Crippen LogP contribution in [0.25, 0.3) is 0 Å². The summed E-state index contributed by atoms with van der Waals surface area (Å²) in [6, 6.07) is 11.7. The number of nitrogens with two attached hydrogens (primary N) is 1. The van der Waals surface area contributed by atoms with Crippen LogP contribution in [-0.2, 0) is 6.54 Å². The molecule has 3 heteroatoms. The van der Waals surface area contributed by atoms with E-state index in [1.807, 2.05) is 57.2 Å². The summed E-state index contributed by atoms with van der Waals surface area (Å²) in [6.07, 6.45) is 0. The van der Waals surface area contributed by atoms with Crippen molar-refractivity contribution in [3.8, 4) is 0 Å². The second kappa shape index (κ2) is 5.88. The minimum absolute atomic E-state index is 0.0825. The van der Waals surface area contributed by atoms with E-state index in [1.165, 1.54) is 5.56 Å². The average Bonchev–Trinajstić information content (AvgIpc) is 2.38. The van der Waals surface area contributed by atoms with Crippen LogP contribution in [0.1, 0.15) is 32.6 Å². The Hall–Kier alpha value is -2.13. The maximum absolute atomic E-state index is 12.5. The molecular weight excluding hydrogens is 248 g/mol. The number of anilines is 1. The number of hydrogen-bond acceptors (Lipinski definition) is 2. The zero-order valence-electron chi connectivity index (χ0n) is 12.2. The van der Waals surface area contributed by atoms with Gasteiger partial charge in [0.1, 0.15) is 0 Å². The summed E-state index contributed by atoms with van der Waals surface area (Å²) in [5, 5.41) is 2.96. The van der Waals surface area contributed by atoms with Crippen LogP contribution in [-0.4, -0.2) is 5.91 Å². The number of carbonyl (C=O) groups is 1. The van der Waals surface area contributed by atoms with Crippen molar-refractivity contribution in [3.63, 3.8) is 0 Å². The molecule has 0 radical (unpaired) electrons. The molecule has 2 aromatic rings. The van der Waals surface area contributed by atoms with Gasteiger partial charge in [-0.3, -0.25) is 4.79 Å². The fourth-order valence-corrected chi connectivity index (χ4v) is 2.54. The molecule has 0 fully saturated rings. The molecule has 0 saturated carbocycles. The van der Waals surface area contributed by atoms with E-state index >= 15 is 0 Å². The first-order valence-corrected chi connectivity index (χ1v) is 6.70. The maximum Gasteiger partial charge on any atom is 0.256 e. The van der Waals surface area contributed by atoms with Gasteiger partial charge in [0.05, 0.1) is 0 Å². The van der Waals surface area contributed by atoms with Gasteiger partial charge in [0, 0.05) is 17.8 Å². The van der Waals surface area contributed by atoms with E-state index in [0.29, 0.717) is 6.54 Å². The van der Waals surface area contributed by atoms with Crippen molar-refractivity contribution in [1.29, 1.82) is 0 Å². The van der Waals surface area contributed by atoms with E-state index in [1.54, 1.807) is 0 Å². The normalized spacial score (nSPS) is 10.4. The molecule has 0 bridgehead atoms. The first kappa shape index (κ1) is 14.3. The number of benzene rings is 2. The Labute approximate surface area is 119 Å². The van der Waals surface area contributed by atoms with Gasteiger partial charge in [-0.05, 0) is 43.5 Å². The summed E-state index contributed by atoms with van der Waals surface area (Å²) in [7, 11) is 0. The molecule has 0 atom stereocenters. The second-order valence-electron chi connectivity index (χ2n) is 5.09. The van der Waals surface area contributed by atoms with Gasteiger partial charge >= 0.3 is 0 Å². The fourth-order valence-electron chi connectivity index (χ4n) is 2.54. The summed E-state index contributed by atoms with van der Waals surface area (Å²) in [6.45, 7) is 6.36. The monoisotopic (exact) mass is 268 g/mol. The van der Waals surface area contributed by atoms with Gasteiger partial charge < -0.3 is 11.1 Å². The Kier molecular flexibility index (Phi) is 4.20. The molecular formula is C17H20N2O. The van der Waals surface area contributed by atoms with Gasteiger partial charge in [-0.2, -0.15) is 0 Å². The van der Waals surface area contributed by atoms with E-state index < -0.39 is 0 Å². The third-order valence-electron chi connectivity index (χ3n) is 3.39. The number of hydrogen-bond donors (Lipinski definition) is 2. The number of nitrogens with one attached hydrogen (secondary N) is 1. The molecule has 20 heavy (non-hydrogen) atoms. The molecule has 2 rings (SSSR count). The highest BCUT2D eigenvalue weighted by Gasteiger charge is 2.14. The van der Waals surface area contributed by atoms with Crippen LogP contribution in [0.3, 0.4) is 0 Å². The summed E-state index contributed by atoms with van der Waals surface area (Å²) in [5.41, 5.74) is 11.3. The molecule has 2 aromatic carbocycles. The highest BCUT2D eigenvalue weighted by Crippen LogP contribution is 2.20. The van der Waals surface area contributed by atoms with Gasteiger partial charge in [-0.25, -0.2) is 0 Å². The van der Waals surface area contributed by atoms with E-state index in [-0.39, 0.29) is 5.91 Å². The average molecular weight is 268 g/mol. The van der Waals surface area contributed by atoms with Crippen molar-refractivity contribution in [2.24, 2.45) is 5.73 Å². The molecule has 0 unspecified atom stereocenters.